The van der Waals surface area contributed by atoms with Crippen LogP contribution < -0.4 is 5.32 Å². The Hall–Kier alpha value is -2.29. The molecule has 0 radical (unpaired) electrons. The van der Waals surface area contributed by atoms with E-state index >= 15 is 0 Å². The molecule has 3 atom stereocenters. The van der Waals surface area contributed by atoms with E-state index in [1.165, 1.54) is 225 Å². The number of phosphoric acid groups is 1. The van der Waals surface area contributed by atoms with Crippen molar-refractivity contribution < 1.29 is 37.3 Å². The molecule has 0 rings (SSSR count). The molecule has 0 spiro atoms. The molecule has 486 valence electrons. The highest BCUT2D eigenvalue weighted by Gasteiger charge is 2.30. The summed E-state index contributed by atoms with van der Waals surface area (Å²) in [6.07, 6.45) is 80.8. The Bertz CT molecular complexity index is 1600. The van der Waals surface area contributed by atoms with Gasteiger partial charge in [-0.25, -0.2) is 4.57 Å². The molecule has 0 heterocycles. The topological polar surface area (TPSA) is 111 Å². The average Bonchev–Trinajstić information content (AvgIpc) is 3.47. The molecule has 83 heavy (non-hydrogen) atoms. The number of unbranched alkanes of at least 4 members (excludes halogenated alkanes) is 41. The molecule has 0 saturated carbocycles. The molecule has 0 aromatic carbocycles. The maximum atomic E-state index is 13.6. The Labute approximate surface area is 515 Å². The highest BCUT2D eigenvalue weighted by Crippen LogP contribution is 2.43. The molecule has 0 saturated heterocycles. The fourth-order valence-electron chi connectivity index (χ4n) is 10.4. The number of likely N-dealkylation sites (N-methyl/N-ethyl adjacent to an activating group) is 1. The Balaban J connectivity index is 5.12. The van der Waals surface area contributed by atoms with Gasteiger partial charge in [-0.2, -0.15) is 0 Å². The third-order valence-electron chi connectivity index (χ3n) is 15.9. The molecule has 9 nitrogen and oxygen atoms in total. The molecule has 0 aromatic rings. The van der Waals surface area contributed by atoms with Crippen LogP contribution >= 0.6 is 7.82 Å². The van der Waals surface area contributed by atoms with Crippen molar-refractivity contribution in [3.05, 3.63) is 60.8 Å². The van der Waals surface area contributed by atoms with Crippen LogP contribution in [0.15, 0.2) is 60.8 Å². The molecule has 0 aliphatic heterocycles. The van der Waals surface area contributed by atoms with E-state index in [9.17, 15) is 19.0 Å². The molecule has 3 unspecified atom stereocenters. The summed E-state index contributed by atoms with van der Waals surface area (Å²) in [4.78, 5) is 37.9. The van der Waals surface area contributed by atoms with Crippen LogP contribution in [0.5, 0.6) is 0 Å². The van der Waals surface area contributed by atoms with E-state index < -0.39 is 20.0 Å². The van der Waals surface area contributed by atoms with Crippen LogP contribution in [0.4, 0.5) is 0 Å². The van der Waals surface area contributed by atoms with E-state index in [1.807, 2.05) is 33.3 Å². The quantitative estimate of drug-likeness (QED) is 0.0205. The smallest absolute Gasteiger partial charge is 0.456 e. The third kappa shape index (κ3) is 64.0. The second-order valence-electron chi connectivity index (χ2n) is 25.4. The molecule has 0 aromatic heterocycles. The Morgan fingerprint density at radius 1 is 0.422 bits per heavy atom. The number of carbonyl (C=O) groups excluding carboxylic acids is 2. The van der Waals surface area contributed by atoms with E-state index in [2.05, 4.69) is 74.7 Å². The molecule has 2 N–H and O–H groups in total. The molecular weight excluding hydrogens is 1050 g/mol. The van der Waals surface area contributed by atoms with E-state index in [-0.39, 0.29) is 31.5 Å². The summed E-state index contributed by atoms with van der Waals surface area (Å²) in [5.41, 5.74) is 0. The predicted octanol–water partition coefficient (Wildman–Crippen LogP) is 22.6. The van der Waals surface area contributed by atoms with Gasteiger partial charge < -0.3 is 19.4 Å². The molecule has 0 fully saturated rings. The van der Waals surface area contributed by atoms with E-state index in [1.54, 1.807) is 0 Å². The van der Waals surface area contributed by atoms with Gasteiger partial charge in [0.15, 0.2) is 0 Å². The standard InChI is InChI=1S/C73H137N2O7P/c1-7-10-13-16-19-22-25-28-30-32-34-36-37-39-40-42-44-47-50-53-56-59-62-65-72(76)74-70(69-81-83(78,79)80-68-67-75(4,5)6)71(64-61-58-55-52-49-46-27-24-21-18-15-12-9-3)82-73(77)66-63-60-57-54-51-48-45-43-41-38-35-33-31-29-26-23-20-17-14-11-8-2/h20,23,28-31,35,38,61,64,70-71H,7-19,21-22,24-27,32-34,36-37,39-60,62-63,65-69H2,1-6H3,(H-,74,76,78,79)/p+1/b23-20-,30-28+,31-29-,38-35-,64-61+. The van der Waals surface area contributed by atoms with Crippen molar-refractivity contribution in [2.75, 3.05) is 40.9 Å². The molecular formula is C73H138N2O7P+. The van der Waals surface area contributed by atoms with Crippen LogP contribution in [-0.4, -0.2) is 74.3 Å². The number of nitrogens with zero attached hydrogens (tertiary/aromatic N) is 1. The summed E-state index contributed by atoms with van der Waals surface area (Å²) in [6.45, 7) is 7.02. The van der Waals surface area contributed by atoms with Gasteiger partial charge in [0.05, 0.1) is 33.8 Å². The van der Waals surface area contributed by atoms with Gasteiger partial charge in [-0.15, -0.1) is 0 Å². The number of nitrogens with one attached hydrogen (secondary N) is 1. The predicted molar refractivity (Wildman–Crippen MR) is 360 cm³/mol. The molecule has 0 aliphatic carbocycles. The molecule has 0 aliphatic rings. The normalized spacial score (nSPS) is 13.9. The number of hydrogen-bond donors (Lipinski definition) is 2. The second kappa shape index (κ2) is 62.8. The third-order valence-corrected chi connectivity index (χ3v) is 16.9. The Morgan fingerprint density at radius 3 is 1.13 bits per heavy atom. The molecule has 10 heteroatoms. The Kier molecular flexibility index (Phi) is 61.0. The Morgan fingerprint density at radius 2 is 0.735 bits per heavy atom. The van der Waals surface area contributed by atoms with E-state index in [0.29, 0.717) is 17.4 Å². The second-order valence-corrected chi connectivity index (χ2v) is 26.9. The van der Waals surface area contributed by atoms with Crippen LogP contribution in [0.3, 0.4) is 0 Å². The average molecular weight is 1190 g/mol. The van der Waals surface area contributed by atoms with Crippen molar-refractivity contribution in [1.29, 1.82) is 0 Å². The van der Waals surface area contributed by atoms with Crippen LogP contribution in [0.25, 0.3) is 0 Å². The summed E-state index contributed by atoms with van der Waals surface area (Å²) < 4.78 is 30.8. The van der Waals surface area contributed by atoms with Crippen LogP contribution in [-0.2, 0) is 27.9 Å². The first-order chi connectivity index (χ1) is 40.4. The lowest BCUT2D eigenvalue weighted by molar-refractivity contribution is -0.870. The fraction of sp³-hybridized carbons (Fsp3) is 0.836. The zero-order valence-corrected chi connectivity index (χ0v) is 56.6. The van der Waals surface area contributed by atoms with Gasteiger partial charge >= 0.3 is 13.8 Å². The lowest BCUT2D eigenvalue weighted by Crippen LogP contribution is -2.47. The van der Waals surface area contributed by atoms with Gasteiger partial charge in [0.2, 0.25) is 5.91 Å². The number of esters is 1. The fourth-order valence-corrected chi connectivity index (χ4v) is 11.2. The number of ether oxygens (including phenoxy) is 1. The number of amides is 1. The van der Waals surface area contributed by atoms with Gasteiger partial charge in [0.1, 0.15) is 19.3 Å². The van der Waals surface area contributed by atoms with Crippen molar-refractivity contribution in [1.82, 2.24) is 5.32 Å². The monoisotopic (exact) mass is 1190 g/mol. The summed E-state index contributed by atoms with van der Waals surface area (Å²) in [6, 6.07) is -0.853. The summed E-state index contributed by atoms with van der Waals surface area (Å²) in [7, 11) is 1.50. The number of phosphoric ester groups is 1. The number of hydrogen-bond acceptors (Lipinski definition) is 6. The van der Waals surface area contributed by atoms with E-state index in [0.717, 1.165) is 83.5 Å². The minimum Gasteiger partial charge on any atom is -0.456 e. The SMILES string of the molecule is CCCCC/C=C\C/C=C\C/C=C\CCCCCCCCCCC(=O)OC(/C=C/CCCCCCCCCCCCC)C(COP(=O)(O)OCC[N+](C)(C)C)NC(=O)CCCCCCCCCCCCCCC/C=C/CCCCCCCC. The van der Waals surface area contributed by atoms with E-state index in [4.69, 9.17) is 13.8 Å². The van der Waals surface area contributed by atoms with Crippen molar-refractivity contribution in [2.24, 2.45) is 0 Å². The number of allylic oxidation sites excluding steroid dienone is 9. The van der Waals surface area contributed by atoms with Crippen molar-refractivity contribution in [3.8, 4) is 0 Å². The van der Waals surface area contributed by atoms with Gasteiger partial charge in [0.25, 0.3) is 0 Å². The van der Waals surface area contributed by atoms with Gasteiger partial charge in [-0.05, 0) is 96.0 Å². The zero-order valence-electron chi connectivity index (χ0n) is 55.7. The largest absolute Gasteiger partial charge is 0.472 e. The number of rotatable bonds is 65. The van der Waals surface area contributed by atoms with Crippen molar-refractivity contribution >= 4 is 19.7 Å². The van der Waals surface area contributed by atoms with Gasteiger partial charge in [-0.1, -0.05) is 294 Å². The molecule has 0 bridgehead atoms. The van der Waals surface area contributed by atoms with Crippen LogP contribution in [0.1, 0.15) is 342 Å². The lowest BCUT2D eigenvalue weighted by Gasteiger charge is -2.27. The van der Waals surface area contributed by atoms with Crippen LogP contribution in [0.2, 0.25) is 0 Å². The highest BCUT2D eigenvalue weighted by molar-refractivity contribution is 7.47. The number of quaternary nitrogens is 1. The van der Waals surface area contributed by atoms with Crippen molar-refractivity contribution in [3.63, 3.8) is 0 Å². The first-order valence-electron chi connectivity index (χ1n) is 35.6. The van der Waals surface area contributed by atoms with Gasteiger partial charge in [0, 0.05) is 12.8 Å². The lowest BCUT2D eigenvalue weighted by atomic mass is 10.0. The summed E-state index contributed by atoms with van der Waals surface area (Å²) >= 11 is 0. The first kappa shape index (κ1) is 80.7. The summed E-state index contributed by atoms with van der Waals surface area (Å²) in [5.74, 6) is -0.501. The van der Waals surface area contributed by atoms with Crippen molar-refractivity contribution in [2.45, 2.75) is 354 Å². The number of carbonyl (C=O) groups is 2. The zero-order chi connectivity index (χ0) is 60.7. The summed E-state index contributed by atoms with van der Waals surface area (Å²) in [5, 5.41) is 3.07. The first-order valence-corrected chi connectivity index (χ1v) is 37.1. The maximum absolute atomic E-state index is 13.6. The van der Waals surface area contributed by atoms with Gasteiger partial charge in [-0.3, -0.25) is 18.6 Å². The minimum absolute atomic E-state index is 0.0390. The minimum atomic E-state index is -4.46. The maximum Gasteiger partial charge on any atom is 0.472 e. The highest BCUT2D eigenvalue weighted by atomic mass is 31.2. The molecule has 1 amide bonds. The van der Waals surface area contributed by atoms with Crippen LogP contribution in [0, 0.1) is 0 Å².